The van der Waals surface area contributed by atoms with Crippen molar-refractivity contribution in [1.82, 2.24) is 0 Å². The minimum absolute atomic E-state index is 0.00555. The van der Waals surface area contributed by atoms with Gasteiger partial charge in [-0.3, -0.25) is 4.79 Å². The van der Waals surface area contributed by atoms with Crippen LogP contribution in [0.15, 0.2) is 40.8 Å². The van der Waals surface area contributed by atoms with Crippen molar-refractivity contribution >= 4 is 49.8 Å². The summed E-state index contributed by atoms with van der Waals surface area (Å²) in [5, 5.41) is -0.221. The monoisotopic (exact) mass is 517 g/mol. The molecule has 10 heteroatoms. The number of nitrogens with zero attached hydrogens (tertiary/aromatic N) is 1. The van der Waals surface area contributed by atoms with Gasteiger partial charge in [0.25, 0.3) is 5.91 Å². The Morgan fingerprint density at radius 1 is 1.19 bits per heavy atom. The molecule has 0 fully saturated rings. The van der Waals surface area contributed by atoms with Crippen LogP contribution in [-0.4, -0.2) is 22.6 Å². The van der Waals surface area contributed by atoms with Crippen molar-refractivity contribution in [3.8, 4) is 11.5 Å². The van der Waals surface area contributed by atoms with Gasteiger partial charge in [-0.05, 0) is 59.0 Å². The topological polar surface area (TPSA) is 55.7 Å². The summed E-state index contributed by atoms with van der Waals surface area (Å²) in [5.41, 5.74) is -0.727. The third kappa shape index (κ3) is 5.58. The Morgan fingerprint density at radius 3 is 2.38 bits per heavy atom. The van der Waals surface area contributed by atoms with Crippen LogP contribution in [0.25, 0.3) is 0 Å². The lowest BCUT2D eigenvalue weighted by Gasteiger charge is -2.12. The summed E-state index contributed by atoms with van der Waals surface area (Å²) in [6.45, 7) is 0. The standard InChI is InChI=1S/C16H12ClF3INO3S/c1-26(2,24)22-15(23)11-8-10(4-5-13(11)21)25-14-6-3-9(7-12(14)17)16(18,19)20/h3-8H,1-2H3. The lowest BCUT2D eigenvalue weighted by molar-refractivity contribution is -0.137. The van der Waals surface area contributed by atoms with E-state index in [0.29, 0.717) is 3.57 Å². The molecule has 140 valence electrons. The average molecular weight is 518 g/mol. The Bertz CT molecular complexity index is 977. The molecule has 0 atom stereocenters. The second-order valence-electron chi connectivity index (χ2n) is 5.46. The van der Waals surface area contributed by atoms with Gasteiger partial charge in [0.15, 0.2) is 0 Å². The minimum atomic E-state index is -4.51. The number of carbonyl (C=O) groups is 1. The maximum Gasteiger partial charge on any atom is 0.416 e. The zero-order valence-electron chi connectivity index (χ0n) is 13.4. The number of rotatable bonds is 3. The third-order valence-corrected chi connectivity index (χ3v) is 4.80. The van der Waals surface area contributed by atoms with E-state index in [-0.39, 0.29) is 22.1 Å². The third-order valence-electron chi connectivity index (χ3n) is 2.96. The fourth-order valence-corrected chi connectivity index (χ4v) is 3.15. The molecule has 0 aliphatic rings. The molecule has 0 aliphatic heterocycles. The van der Waals surface area contributed by atoms with Gasteiger partial charge in [-0.1, -0.05) is 11.6 Å². The highest BCUT2D eigenvalue weighted by Gasteiger charge is 2.31. The molecule has 0 heterocycles. The Hall–Kier alpha value is -1.33. The van der Waals surface area contributed by atoms with Crippen LogP contribution < -0.4 is 4.74 Å². The van der Waals surface area contributed by atoms with Gasteiger partial charge in [-0.15, -0.1) is 0 Å². The maximum atomic E-state index is 12.7. The van der Waals surface area contributed by atoms with Crippen LogP contribution in [0.3, 0.4) is 0 Å². The zero-order valence-corrected chi connectivity index (χ0v) is 17.2. The van der Waals surface area contributed by atoms with Gasteiger partial charge < -0.3 is 4.74 Å². The highest BCUT2D eigenvalue weighted by Crippen LogP contribution is 2.36. The van der Waals surface area contributed by atoms with E-state index in [2.05, 4.69) is 4.36 Å². The molecule has 2 rings (SSSR count). The van der Waals surface area contributed by atoms with Gasteiger partial charge in [-0.25, -0.2) is 4.21 Å². The predicted octanol–water partition coefficient (Wildman–Crippen LogP) is 5.62. The van der Waals surface area contributed by atoms with E-state index in [1.165, 1.54) is 24.6 Å². The van der Waals surface area contributed by atoms with Crippen LogP contribution in [0.1, 0.15) is 15.9 Å². The maximum absolute atomic E-state index is 12.7. The minimum Gasteiger partial charge on any atom is -0.456 e. The Labute approximate surface area is 167 Å². The van der Waals surface area contributed by atoms with Crippen molar-refractivity contribution in [2.45, 2.75) is 6.18 Å². The van der Waals surface area contributed by atoms with Crippen molar-refractivity contribution in [3.05, 3.63) is 56.1 Å². The number of carbonyl (C=O) groups excluding carboxylic acids is 1. The first kappa shape index (κ1) is 21.0. The summed E-state index contributed by atoms with van der Waals surface area (Å²) in [6, 6.07) is 7.17. The van der Waals surface area contributed by atoms with Crippen LogP contribution in [-0.2, 0) is 15.9 Å². The number of benzene rings is 2. The van der Waals surface area contributed by atoms with E-state index in [9.17, 15) is 22.2 Å². The second kappa shape index (κ2) is 7.73. The zero-order chi connectivity index (χ0) is 19.7. The molecular weight excluding hydrogens is 506 g/mol. The number of hydrogen-bond donors (Lipinski definition) is 0. The molecule has 2 aromatic carbocycles. The molecule has 0 radical (unpaired) electrons. The number of halogens is 5. The number of hydrogen-bond acceptors (Lipinski definition) is 3. The van der Waals surface area contributed by atoms with E-state index in [1.54, 1.807) is 6.07 Å². The molecule has 1 amide bonds. The van der Waals surface area contributed by atoms with E-state index < -0.39 is 27.4 Å². The molecule has 0 saturated carbocycles. The smallest absolute Gasteiger partial charge is 0.416 e. The average Bonchev–Trinajstić information content (AvgIpc) is 2.48. The van der Waals surface area contributed by atoms with Crippen molar-refractivity contribution in [1.29, 1.82) is 0 Å². The first-order valence-corrected chi connectivity index (χ1v) is 10.7. The van der Waals surface area contributed by atoms with Gasteiger partial charge >= 0.3 is 6.18 Å². The normalized spacial score (nSPS) is 12.0. The summed E-state index contributed by atoms with van der Waals surface area (Å²) in [7, 11) is -2.63. The van der Waals surface area contributed by atoms with Gasteiger partial charge in [-0.2, -0.15) is 17.5 Å². The molecule has 0 unspecified atom stereocenters. The molecule has 4 nitrogen and oxygen atoms in total. The highest BCUT2D eigenvalue weighted by atomic mass is 127. The number of alkyl halides is 3. The summed E-state index contributed by atoms with van der Waals surface area (Å²) in [5.74, 6) is -0.483. The Kier molecular flexibility index (Phi) is 6.24. The van der Waals surface area contributed by atoms with Crippen molar-refractivity contribution in [2.75, 3.05) is 12.5 Å². The van der Waals surface area contributed by atoms with Crippen molar-refractivity contribution < 1.29 is 26.9 Å². The Morgan fingerprint density at radius 2 is 1.85 bits per heavy atom. The summed E-state index contributed by atoms with van der Waals surface area (Å²) in [4.78, 5) is 12.2. The van der Waals surface area contributed by atoms with E-state index in [4.69, 9.17) is 16.3 Å². The lowest BCUT2D eigenvalue weighted by Crippen LogP contribution is -2.05. The van der Waals surface area contributed by atoms with Gasteiger partial charge in [0.2, 0.25) is 0 Å². The Balaban J connectivity index is 2.36. The molecule has 0 N–H and O–H groups in total. The van der Waals surface area contributed by atoms with Crippen LogP contribution in [0.4, 0.5) is 13.2 Å². The van der Waals surface area contributed by atoms with Gasteiger partial charge in [0.05, 0.1) is 16.1 Å². The van der Waals surface area contributed by atoms with Crippen LogP contribution in [0.5, 0.6) is 11.5 Å². The first-order valence-electron chi connectivity index (χ1n) is 6.92. The fraction of sp³-hybridized carbons (Fsp3) is 0.188. The first-order chi connectivity index (χ1) is 11.9. The summed E-state index contributed by atoms with van der Waals surface area (Å²) >= 11 is 7.77. The molecule has 0 saturated heterocycles. The fourth-order valence-electron chi connectivity index (χ4n) is 1.87. The summed E-state index contributed by atoms with van der Waals surface area (Å²) < 4.78 is 59.4. The van der Waals surface area contributed by atoms with Gasteiger partial charge in [0, 0.05) is 25.8 Å². The molecule has 2 aromatic rings. The van der Waals surface area contributed by atoms with Crippen molar-refractivity contribution in [3.63, 3.8) is 0 Å². The van der Waals surface area contributed by atoms with E-state index in [0.717, 1.165) is 18.2 Å². The molecule has 0 bridgehead atoms. The lowest BCUT2D eigenvalue weighted by atomic mass is 10.2. The van der Waals surface area contributed by atoms with Crippen LogP contribution >= 0.6 is 34.2 Å². The van der Waals surface area contributed by atoms with Gasteiger partial charge in [0.1, 0.15) is 11.5 Å². The molecule has 0 aromatic heterocycles. The quantitative estimate of drug-likeness (QED) is 0.497. The molecular formula is C16H12ClF3INO3S. The summed E-state index contributed by atoms with van der Waals surface area (Å²) in [6.07, 6.45) is -1.85. The van der Waals surface area contributed by atoms with Crippen molar-refractivity contribution in [2.24, 2.45) is 4.36 Å². The SMILES string of the molecule is CS(C)(=O)=NC(=O)c1cc(Oc2ccc(C(F)(F)F)cc2Cl)ccc1I. The molecule has 26 heavy (non-hydrogen) atoms. The number of amides is 1. The van der Waals surface area contributed by atoms with Crippen LogP contribution in [0, 0.1) is 3.57 Å². The predicted molar refractivity (Wildman–Crippen MR) is 102 cm³/mol. The molecule has 0 spiro atoms. The molecule has 0 aliphatic carbocycles. The largest absolute Gasteiger partial charge is 0.456 e. The van der Waals surface area contributed by atoms with E-state index in [1.807, 2.05) is 22.6 Å². The van der Waals surface area contributed by atoms with Crippen LogP contribution in [0.2, 0.25) is 5.02 Å². The number of ether oxygens (including phenoxy) is 1. The second-order valence-corrected chi connectivity index (χ2v) is 9.58. The highest BCUT2D eigenvalue weighted by molar-refractivity contribution is 14.1. The van der Waals surface area contributed by atoms with E-state index >= 15 is 0 Å².